The molecule has 86 valence electrons. The van der Waals surface area contributed by atoms with Crippen LogP contribution in [0.25, 0.3) is 0 Å². The van der Waals surface area contributed by atoms with E-state index in [1.165, 1.54) is 7.11 Å². The van der Waals surface area contributed by atoms with Crippen molar-refractivity contribution in [1.29, 1.82) is 0 Å². The van der Waals surface area contributed by atoms with Gasteiger partial charge in [0.1, 0.15) is 12.2 Å². The van der Waals surface area contributed by atoms with Crippen molar-refractivity contribution < 1.29 is 19.1 Å². The summed E-state index contributed by atoms with van der Waals surface area (Å²) < 4.78 is 9.98. The van der Waals surface area contributed by atoms with Crippen molar-refractivity contribution in [3.05, 3.63) is 23.8 Å². The van der Waals surface area contributed by atoms with Gasteiger partial charge in [0, 0.05) is 6.42 Å². The van der Waals surface area contributed by atoms with Crippen LogP contribution in [0.3, 0.4) is 0 Å². The maximum absolute atomic E-state index is 11.0. The summed E-state index contributed by atoms with van der Waals surface area (Å²) in [6, 6.07) is 4.90. The summed E-state index contributed by atoms with van der Waals surface area (Å²) in [7, 11) is 1.46. The van der Waals surface area contributed by atoms with Crippen molar-refractivity contribution in [2.24, 2.45) is 0 Å². The summed E-state index contributed by atoms with van der Waals surface area (Å²) in [5, 5.41) is 0. The van der Waals surface area contributed by atoms with E-state index < -0.39 is 5.97 Å². The highest BCUT2D eigenvalue weighted by Gasteiger charge is 2.09. The predicted octanol–water partition coefficient (Wildman–Crippen LogP) is 1.58. The van der Waals surface area contributed by atoms with E-state index in [1.807, 2.05) is 0 Å². The average molecular weight is 243 g/mol. The number of methoxy groups -OCH3 is 1. The van der Waals surface area contributed by atoms with Crippen LogP contribution in [0.4, 0.5) is 0 Å². The first-order valence-electron chi connectivity index (χ1n) is 4.58. The van der Waals surface area contributed by atoms with Gasteiger partial charge in [-0.25, -0.2) is 0 Å². The number of aldehydes is 1. The van der Waals surface area contributed by atoms with Gasteiger partial charge in [-0.1, -0.05) is 6.07 Å². The number of alkyl halides is 1. The number of esters is 1. The van der Waals surface area contributed by atoms with E-state index in [1.54, 1.807) is 18.2 Å². The Hall–Kier alpha value is -1.55. The molecule has 16 heavy (non-hydrogen) atoms. The van der Waals surface area contributed by atoms with Crippen LogP contribution in [-0.4, -0.2) is 25.2 Å². The fourth-order valence-electron chi connectivity index (χ4n) is 1.17. The summed E-state index contributed by atoms with van der Waals surface area (Å²) in [5.74, 6) is -0.0806. The molecule has 0 aliphatic rings. The van der Waals surface area contributed by atoms with Crippen LogP contribution < -0.4 is 9.47 Å². The number of carbonyl (C=O) groups is 2. The van der Waals surface area contributed by atoms with Gasteiger partial charge >= 0.3 is 5.97 Å². The molecule has 0 aliphatic carbocycles. The Kier molecular flexibility index (Phi) is 4.79. The molecule has 0 spiro atoms. The van der Waals surface area contributed by atoms with Gasteiger partial charge < -0.3 is 14.3 Å². The van der Waals surface area contributed by atoms with Crippen LogP contribution in [0.2, 0.25) is 0 Å². The Morgan fingerprint density at radius 2 is 2.19 bits per heavy atom. The Balaban J connectivity index is 2.92. The van der Waals surface area contributed by atoms with Crippen LogP contribution >= 0.6 is 11.6 Å². The largest absolute Gasteiger partial charge is 0.493 e. The molecule has 1 aromatic carbocycles. The first-order valence-corrected chi connectivity index (χ1v) is 5.12. The van der Waals surface area contributed by atoms with Gasteiger partial charge in [-0.3, -0.25) is 4.79 Å². The minimum atomic E-state index is -0.553. The monoisotopic (exact) mass is 242 g/mol. The van der Waals surface area contributed by atoms with Gasteiger partial charge in [-0.15, -0.1) is 11.6 Å². The Morgan fingerprint density at radius 3 is 2.75 bits per heavy atom. The number of hydrogen-bond donors (Lipinski definition) is 0. The molecule has 0 saturated carbocycles. The van der Waals surface area contributed by atoms with E-state index in [0.717, 1.165) is 11.8 Å². The van der Waals surface area contributed by atoms with Gasteiger partial charge in [0.05, 0.1) is 7.11 Å². The molecule has 0 aliphatic heterocycles. The molecule has 5 heteroatoms. The minimum absolute atomic E-state index is 0.223. The number of halogens is 1. The molecule has 1 rings (SSSR count). The number of benzene rings is 1. The van der Waals surface area contributed by atoms with Crippen molar-refractivity contribution >= 4 is 23.9 Å². The number of rotatable bonds is 5. The highest BCUT2D eigenvalue weighted by atomic mass is 35.5. The SMILES string of the molecule is COc1cc(CC=O)ccc1OC(=O)CCl. The Bertz CT molecular complexity index is 390. The fourth-order valence-corrected chi connectivity index (χ4v) is 1.22. The summed E-state index contributed by atoms with van der Waals surface area (Å²) in [4.78, 5) is 21.3. The summed E-state index contributed by atoms with van der Waals surface area (Å²) in [6.45, 7) is 0. The molecule has 0 unspecified atom stereocenters. The molecular formula is C11H11ClO4. The topological polar surface area (TPSA) is 52.6 Å². The lowest BCUT2D eigenvalue weighted by Crippen LogP contribution is -2.09. The molecular weight excluding hydrogens is 232 g/mol. The van der Waals surface area contributed by atoms with Gasteiger partial charge in [-0.2, -0.15) is 0 Å². The molecule has 0 saturated heterocycles. The zero-order valence-electron chi connectivity index (χ0n) is 8.73. The number of carbonyl (C=O) groups excluding carboxylic acids is 2. The summed E-state index contributed by atoms with van der Waals surface area (Å²) >= 11 is 5.32. The van der Waals surface area contributed by atoms with Crippen molar-refractivity contribution in [2.45, 2.75) is 6.42 Å². The third-order valence-corrected chi connectivity index (χ3v) is 2.10. The lowest BCUT2D eigenvalue weighted by Gasteiger charge is -2.09. The molecule has 0 radical (unpaired) electrons. The third kappa shape index (κ3) is 3.24. The Morgan fingerprint density at radius 1 is 1.44 bits per heavy atom. The van der Waals surface area contributed by atoms with E-state index in [-0.39, 0.29) is 5.88 Å². The van der Waals surface area contributed by atoms with Crippen LogP contribution in [0, 0.1) is 0 Å². The van der Waals surface area contributed by atoms with Crippen molar-refractivity contribution in [3.8, 4) is 11.5 Å². The number of hydrogen-bond acceptors (Lipinski definition) is 4. The quantitative estimate of drug-likeness (QED) is 0.341. The summed E-state index contributed by atoms with van der Waals surface area (Å²) in [5.41, 5.74) is 0.789. The van der Waals surface area contributed by atoms with E-state index in [4.69, 9.17) is 21.1 Å². The van der Waals surface area contributed by atoms with Gasteiger partial charge in [0.25, 0.3) is 0 Å². The third-order valence-electron chi connectivity index (χ3n) is 1.88. The number of ether oxygens (including phenoxy) is 2. The summed E-state index contributed by atoms with van der Waals surface area (Å²) in [6.07, 6.45) is 1.08. The minimum Gasteiger partial charge on any atom is -0.493 e. The van der Waals surface area contributed by atoms with Gasteiger partial charge in [0.2, 0.25) is 0 Å². The molecule has 0 bridgehead atoms. The molecule has 0 N–H and O–H groups in total. The van der Waals surface area contributed by atoms with E-state index >= 15 is 0 Å². The smallest absolute Gasteiger partial charge is 0.326 e. The molecule has 0 amide bonds. The second-order valence-corrected chi connectivity index (χ2v) is 3.23. The van der Waals surface area contributed by atoms with Gasteiger partial charge in [0.15, 0.2) is 11.5 Å². The van der Waals surface area contributed by atoms with Crippen molar-refractivity contribution in [2.75, 3.05) is 13.0 Å². The Labute approximate surface area is 98.1 Å². The maximum Gasteiger partial charge on any atom is 0.326 e. The van der Waals surface area contributed by atoms with Crippen LogP contribution in [0.5, 0.6) is 11.5 Å². The van der Waals surface area contributed by atoms with E-state index in [0.29, 0.717) is 17.9 Å². The highest BCUT2D eigenvalue weighted by molar-refractivity contribution is 6.26. The van der Waals surface area contributed by atoms with Crippen LogP contribution in [-0.2, 0) is 16.0 Å². The van der Waals surface area contributed by atoms with E-state index in [9.17, 15) is 9.59 Å². The first kappa shape index (κ1) is 12.5. The molecule has 0 atom stereocenters. The highest BCUT2D eigenvalue weighted by Crippen LogP contribution is 2.28. The normalized spacial score (nSPS) is 9.62. The zero-order chi connectivity index (χ0) is 12.0. The molecule has 1 aromatic rings. The van der Waals surface area contributed by atoms with Crippen LogP contribution in [0.1, 0.15) is 5.56 Å². The van der Waals surface area contributed by atoms with Gasteiger partial charge in [-0.05, 0) is 17.7 Å². The lowest BCUT2D eigenvalue weighted by atomic mass is 10.1. The van der Waals surface area contributed by atoms with Crippen LogP contribution in [0.15, 0.2) is 18.2 Å². The van der Waals surface area contributed by atoms with Crippen molar-refractivity contribution in [1.82, 2.24) is 0 Å². The molecule has 4 nitrogen and oxygen atoms in total. The standard InChI is InChI=1S/C11H11ClO4/c1-15-10-6-8(4-5-13)2-3-9(10)16-11(14)7-12/h2-3,5-6H,4,7H2,1H3. The maximum atomic E-state index is 11.0. The first-order chi connectivity index (χ1) is 7.71. The fraction of sp³-hybridized carbons (Fsp3) is 0.273. The molecule has 0 fully saturated rings. The second-order valence-electron chi connectivity index (χ2n) is 2.96. The van der Waals surface area contributed by atoms with Crippen molar-refractivity contribution in [3.63, 3.8) is 0 Å². The zero-order valence-corrected chi connectivity index (χ0v) is 9.49. The molecule has 0 heterocycles. The average Bonchev–Trinajstić information content (AvgIpc) is 2.31. The second kappa shape index (κ2) is 6.12. The molecule has 0 aromatic heterocycles. The lowest BCUT2D eigenvalue weighted by molar-refractivity contribution is -0.131. The predicted molar refractivity (Wildman–Crippen MR) is 59.1 cm³/mol. The van der Waals surface area contributed by atoms with E-state index in [2.05, 4.69) is 0 Å².